The Labute approximate surface area is 104 Å². The van der Waals surface area contributed by atoms with Gasteiger partial charge >= 0.3 is 0 Å². The fourth-order valence-electron chi connectivity index (χ4n) is 1.27. The van der Waals surface area contributed by atoms with E-state index in [4.69, 9.17) is 4.74 Å². The van der Waals surface area contributed by atoms with Gasteiger partial charge in [0, 0.05) is 11.1 Å². The normalized spacial score (nSPS) is 10.2. The Bertz CT molecular complexity index is 366. The number of hydrogen-bond donors (Lipinski definition) is 1. The highest BCUT2D eigenvalue weighted by molar-refractivity contribution is 9.10. The maximum Gasteiger partial charge on any atom is 0.226 e. The molecule has 0 saturated carbocycles. The second-order valence-electron chi connectivity index (χ2n) is 3.43. The molecule has 3 nitrogen and oxygen atoms in total. The third-order valence-electron chi connectivity index (χ3n) is 2.14. The summed E-state index contributed by atoms with van der Waals surface area (Å²) in [5, 5.41) is 2.84. The minimum absolute atomic E-state index is 0.0280. The highest BCUT2D eigenvalue weighted by atomic mass is 79.9. The fraction of sp³-hybridized carbons (Fsp3) is 0.417. The van der Waals surface area contributed by atoms with E-state index in [9.17, 15) is 4.79 Å². The van der Waals surface area contributed by atoms with Gasteiger partial charge in [-0.25, -0.2) is 0 Å². The number of rotatable bonds is 5. The lowest BCUT2D eigenvalue weighted by Gasteiger charge is -2.09. The molecular weight excluding hydrogens is 270 g/mol. The molecule has 1 rings (SSSR count). The minimum Gasteiger partial charge on any atom is -0.381 e. The number of nitrogens with one attached hydrogen (secondary N) is 1. The molecule has 0 bridgehead atoms. The zero-order valence-corrected chi connectivity index (χ0v) is 11.1. The molecule has 0 aliphatic heterocycles. The third-order valence-corrected chi connectivity index (χ3v) is 3.20. The molecule has 0 atom stereocenters. The lowest BCUT2D eigenvalue weighted by atomic mass is 10.2. The van der Waals surface area contributed by atoms with Crippen LogP contribution >= 0.6 is 15.9 Å². The van der Waals surface area contributed by atoms with E-state index >= 15 is 0 Å². The molecule has 16 heavy (non-hydrogen) atoms. The van der Waals surface area contributed by atoms with Crippen molar-refractivity contribution in [3.63, 3.8) is 0 Å². The number of anilines is 1. The van der Waals surface area contributed by atoms with Crippen LogP contribution in [0.1, 0.15) is 18.9 Å². The maximum atomic E-state index is 11.5. The second kappa shape index (κ2) is 6.66. The number of hydrogen-bond acceptors (Lipinski definition) is 2. The van der Waals surface area contributed by atoms with Gasteiger partial charge in [0.25, 0.3) is 0 Å². The van der Waals surface area contributed by atoms with Crippen molar-refractivity contribution in [1.82, 2.24) is 0 Å². The lowest BCUT2D eigenvalue weighted by molar-refractivity contribution is -0.117. The van der Waals surface area contributed by atoms with Crippen LogP contribution in [-0.2, 0) is 9.53 Å². The SMILES string of the molecule is CCOCCC(=O)Nc1cccc(C)c1Br. The number of amides is 1. The number of carbonyl (C=O) groups is 1. The molecule has 88 valence electrons. The molecule has 1 aromatic rings. The van der Waals surface area contributed by atoms with Crippen LogP contribution in [0.2, 0.25) is 0 Å². The molecule has 0 heterocycles. The first-order valence-corrected chi connectivity index (χ1v) is 6.07. The summed E-state index contributed by atoms with van der Waals surface area (Å²) in [6.07, 6.45) is 0.383. The van der Waals surface area contributed by atoms with E-state index in [2.05, 4.69) is 21.2 Å². The predicted octanol–water partition coefficient (Wildman–Crippen LogP) is 3.12. The number of aryl methyl sites for hydroxylation is 1. The Morgan fingerprint density at radius 3 is 2.94 bits per heavy atom. The quantitative estimate of drug-likeness (QED) is 0.844. The lowest BCUT2D eigenvalue weighted by Crippen LogP contribution is -2.14. The smallest absolute Gasteiger partial charge is 0.226 e. The molecule has 0 radical (unpaired) electrons. The molecular formula is C12H16BrNO2. The van der Waals surface area contributed by atoms with Crippen molar-refractivity contribution in [2.45, 2.75) is 20.3 Å². The van der Waals surface area contributed by atoms with Crippen molar-refractivity contribution in [2.75, 3.05) is 18.5 Å². The third kappa shape index (κ3) is 3.94. The van der Waals surface area contributed by atoms with Crippen LogP contribution in [0, 0.1) is 6.92 Å². The minimum atomic E-state index is -0.0280. The van der Waals surface area contributed by atoms with Gasteiger partial charge in [-0.1, -0.05) is 12.1 Å². The topological polar surface area (TPSA) is 38.3 Å². The van der Waals surface area contributed by atoms with Crippen LogP contribution in [0.15, 0.2) is 22.7 Å². The van der Waals surface area contributed by atoms with Crippen molar-refractivity contribution in [2.24, 2.45) is 0 Å². The van der Waals surface area contributed by atoms with Crippen LogP contribution in [0.4, 0.5) is 5.69 Å². The average molecular weight is 286 g/mol. The number of carbonyl (C=O) groups excluding carboxylic acids is 1. The summed E-state index contributed by atoms with van der Waals surface area (Å²) in [4.78, 5) is 11.5. The maximum absolute atomic E-state index is 11.5. The summed E-state index contributed by atoms with van der Waals surface area (Å²) >= 11 is 3.44. The highest BCUT2D eigenvalue weighted by Gasteiger charge is 2.06. The summed E-state index contributed by atoms with van der Waals surface area (Å²) in [6.45, 7) is 5.00. The largest absolute Gasteiger partial charge is 0.381 e. The Hall–Kier alpha value is -0.870. The van der Waals surface area contributed by atoms with E-state index < -0.39 is 0 Å². The van der Waals surface area contributed by atoms with Gasteiger partial charge in [-0.3, -0.25) is 4.79 Å². The van der Waals surface area contributed by atoms with Gasteiger partial charge < -0.3 is 10.1 Å². The molecule has 4 heteroatoms. The zero-order chi connectivity index (χ0) is 12.0. The average Bonchev–Trinajstić information content (AvgIpc) is 2.25. The Morgan fingerprint density at radius 1 is 1.50 bits per heavy atom. The van der Waals surface area contributed by atoms with Gasteiger partial charge in [-0.15, -0.1) is 0 Å². The van der Waals surface area contributed by atoms with Gasteiger partial charge in [0.1, 0.15) is 0 Å². The van der Waals surface area contributed by atoms with Crippen LogP contribution < -0.4 is 5.32 Å². The summed E-state index contributed by atoms with van der Waals surface area (Å²) in [7, 11) is 0. The summed E-state index contributed by atoms with van der Waals surface area (Å²) < 4.78 is 6.05. The molecule has 1 amide bonds. The Kier molecular flexibility index (Phi) is 5.49. The summed E-state index contributed by atoms with van der Waals surface area (Å²) in [5.74, 6) is -0.0280. The molecule has 0 saturated heterocycles. The number of benzene rings is 1. The van der Waals surface area contributed by atoms with Crippen molar-refractivity contribution in [1.29, 1.82) is 0 Å². The van der Waals surface area contributed by atoms with E-state index in [0.717, 1.165) is 15.7 Å². The number of halogens is 1. The number of ether oxygens (including phenoxy) is 1. The molecule has 0 aromatic heterocycles. The summed E-state index contributed by atoms with van der Waals surface area (Å²) in [5.41, 5.74) is 1.91. The Balaban J connectivity index is 2.53. The van der Waals surface area contributed by atoms with E-state index in [-0.39, 0.29) is 5.91 Å². The van der Waals surface area contributed by atoms with Crippen molar-refractivity contribution in [3.05, 3.63) is 28.2 Å². The van der Waals surface area contributed by atoms with Crippen molar-refractivity contribution in [3.8, 4) is 0 Å². The standard InChI is InChI=1S/C12H16BrNO2/c1-3-16-8-7-11(15)14-10-6-4-5-9(2)12(10)13/h4-6H,3,7-8H2,1-2H3,(H,14,15). The second-order valence-corrected chi connectivity index (χ2v) is 4.22. The van der Waals surface area contributed by atoms with Gasteiger partial charge in [0.15, 0.2) is 0 Å². The molecule has 0 aliphatic carbocycles. The first-order chi connectivity index (χ1) is 7.65. The van der Waals surface area contributed by atoms with Crippen LogP contribution in [-0.4, -0.2) is 19.1 Å². The van der Waals surface area contributed by atoms with E-state index in [1.807, 2.05) is 32.0 Å². The van der Waals surface area contributed by atoms with E-state index in [1.54, 1.807) is 0 Å². The van der Waals surface area contributed by atoms with Gasteiger partial charge in [-0.2, -0.15) is 0 Å². The van der Waals surface area contributed by atoms with Gasteiger partial charge in [-0.05, 0) is 41.4 Å². The zero-order valence-electron chi connectivity index (χ0n) is 9.55. The monoisotopic (exact) mass is 285 g/mol. The van der Waals surface area contributed by atoms with Crippen LogP contribution in [0.5, 0.6) is 0 Å². The molecule has 0 unspecified atom stereocenters. The highest BCUT2D eigenvalue weighted by Crippen LogP contribution is 2.25. The Morgan fingerprint density at radius 2 is 2.25 bits per heavy atom. The molecule has 0 aliphatic rings. The molecule has 0 fully saturated rings. The molecule has 1 N–H and O–H groups in total. The first-order valence-electron chi connectivity index (χ1n) is 5.28. The van der Waals surface area contributed by atoms with Crippen molar-refractivity contribution < 1.29 is 9.53 Å². The van der Waals surface area contributed by atoms with E-state index in [0.29, 0.717) is 19.6 Å². The molecule has 0 spiro atoms. The van der Waals surface area contributed by atoms with Crippen LogP contribution in [0.25, 0.3) is 0 Å². The van der Waals surface area contributed by atoms with Crippen LogP contribution in [0.3, 0.4) is 0 Å². The van der Waals surface area contributed by atoms with Gasteiger partial charge in [0.05, 0.1) is 18.7 Å². The van der Waals surface area contributed by atoms with Crippen molar-refractivity contribution >= 4 is 27.5 Å². The fourth-order valence-corrected chi connectivity index (χ4v) is 1.63. The first kappa shape index (κ1) is 13.2. The van der Waals surface area contributed by atoms with E-state index in [1.165, 1.54) is 0 Å². The van der Waals surface area contributed by atoms with Gasteiger partial charge in [0.2, 0.25) is 5.91 Å². The molecule has 1 aromatic carbocycles. The summed E-state index contributed by atoms with van der Waals surface area (Å²) in [6, 6.07) is 5.77. The predicted molar refractivity (Wildman–Crippen MR) is 68.6 cm³/mol.